The van der Waals surface area contributed by atoms with Gasteiger partial charge in [-0.3, -0.25) is 9.69 Å². The van der Waals surface area contributed by atoms with Crippen molar-refractivity contribution in [3.63, 3.8) is 0 Å². The summed E-state index contributed by atoms with van der Waals surface area (Å²) in [6, 6.07) is 4.35. The van der Waals surface area contributed by atoms with E-state index in [0.717, 1.165) is 28.7 Å². The molecule has 3 rings (SSSR count). The van der Waals surface area contributed by atoms with Crippen LogP contribution < -0.4 is 0 Å². The summed E-state index contributed by atoms with van der Waals surface area (Å²) in [5, 5.41) is 9.20. The van der Waals surface area contributed by atoms with Crippen molar-refractivity contribution in [1.29, 1.82) is 0 Å². The molecular formula is C15H18BrN3O2. The molecule has 1 N–H and O–H groups in total. The second kappa shape index (κ2) is 5.77. The van der Waals surface area contributed by atoms with Gasteiger partial charge in [0.25, 0.3) is 0 Å². The molecule has 1 saturated heterocycles. The molecule has 1 aliphatic rings. The number of carbonyl (C=O) groups is 1. The zero-order valence-electron chi connectivity index (χ0n) is 11.9. The summed E-state index contributed by atoms with van der Waals surface area (Å²) in [6.45, 7) is 3.46. The molecule has 5 nitrogen and oxygen atoms in total. The van der Waals surface area contributed by atoms with Gasteiger partial charge in [0.1, 0.15) is 5.65 Å². The molecule has 0 radical (unpaired) electrons. The van der Waals surface area contributed by atoms with Crippen LogP contribution >= 0.6 is 15.9 Å². The Balaban J connectivity index is 1.78. The summed E-state index contributed by atoms with van der Waals surface area (Å²) >= 11 is 3.44. The number of pyridine rings is 1. The van der Waals surface area contributed by atoms with Gasteiger partial charge in [0.2, 0.25) is 0 Å². The van der Waals surface area contributed by atoms with Crippen molar-refractivity contribution < 1.29 is 9.90 Å². The van der Waals surface area contributed by atoms with E-state index in [0.29, 0.717) is 19.1 Å². The monoisotopic (exact) mass is 351 g/mol. The zero-order chi connectivity index (χ0) is 15.0. The van der Waals surface area contributed by atoms with Crippen molar-refractivity contribution in [2.24, 2.45) is 5.92 Å². The van der Waals surface area contributed by atoms with Gasteiger partial charge in [-0.1, -0.05) is 15.9 Å². The van der Waals surface area contributed by atoms with Crippen molar-refractivity contribution in [2.45, 2.75) is 32.4 Å². The van der Waals surface area contributed by atoms with Crippen molar-refractivity contribution in [3.8, 4) is 0 Å². The van der Waals surface area contributed by atoms with E-state index < -0.39 is 5.97 Å². The minimum atomic E-state index is -0.689. The normalized spacial score (nSPS) is 23.5. The summed E-state index contributed by atoms with van der Waals surface area (Å²) < 4.78 is 2.99. The molecule has 0 spiro atoms. The number of rotatable bonds is 3. The standard InChI is InChI=1S/C15H18BrN3O2/c1-10-2-3-11(15(20)21)7-19(10)9-13-8-18-5-4-12(16)6-14(18)17-13/h4-6,8,10-11H,2-3,7,9H2,1H3,(H,20,21). The minimum Gasteiger partial charge on any atom is -0.481 e. The fourth-order valence-corrected chi connectivity index (χ4v) is 3.22. The predicted octanol–water partition coefficient (Wildman–Crippen LogP) is 2.78. The van der Waals surface area contributed by atoms with Gasteiger partial charge in [0.05, 0.1) is 11.6 Å². The van der Waals surface area contributed by atoms with Gasteiger partial charge in [0, 0.05) is 36.0 Å². The van der Waals surface area contributed by atoms with Crippen LogP contribution in [0.25, 0.3) is 5.65 Å². The van der Waals surface area contributed by atoms with Gasteiger partial charge in [-0.15, -0.1) is 0 Å². The number of hydrogen-bond donors (Lipinski definition) is 1. The molecule has 2 aromatic heterocycles. The lowest BCUT2D eigenvalue weighted by molar-refractivity contribution is -0.144. The van der Waals surface area contributed by atoms with Crippen LogP contribution in [0, 0.1) is 5.92 Å². The predicted molar refractivity (Wildman–Crippen MR) is 83.1 cm³/mol. The fraction of sp³-hybridized carbons (Fsp3) is 0.467. The Morgan fingerprint density at radius 1 is 1.52 bits per heavy atom. The molecule has 21 heavy (non-hydrogen) atoms. The topological polar surface area (TPSA) is 57.8 Å². The summed E-state index contributed by atoms with van der Waals surface area (Å²) in [6.07, 6.45) is 5.68. The Labute approximate surface area is 131 Å². The molecule has 0 aromatic carbocycles. The number of imidazole rings is 1. The van der Waals surface area contributed by atoms with Crippen LogP contribution in [0.2, 0.25) is 0 Å². The Morgan fingerprint density at radius 3 is 3.10 bits per heavy atom. The number of piperidine rings is 1. The first kappa shape index (κ1) is 14.5. The van der Waals surface area contributed by atoms with Crippen LogP contribution in [-0.2, 0) is 11.3 Å². The highest BCUT2D eigenvalue weighted by molar-refractivity contribution is 9.10. The number of aromatic nitrogens is 2. The summed E-state index contributed by atoms with van der Waals surface area (Å²) in [5.74, 6) is -0.946. The number of carboxylic acids is 1. The van der Waals surface area contributed by atoms with Crippen molar-refractivity contribution in [1.82, 2.24) is 14.3 Å². The number of halogens is 1. The first-order valence-corrected chi connectivity index (χ1v) is 7.92. The highest BCUT2D eigenvalue weighted by atomic mass is 79.9. The summed E-state index contributed by atoms with van der Waals surface area (Å²) in [5.41, 5.74) is 1.88. The molecule has 6 heteroatoms. The van der Waals surface area contributed by atoms with Crippen LogP contribution in [-0.4, -0.2) is 37.9 Å². The molecule has 112 valence electrons. The number of carboxylic acid groups (broad SMARTS) is 1. The lowest BCUT2D eigenvalue weighted by Gasteiger charge is -2.35. The summed E-state index contributed by atoms with van der Waals surface area (Å²) in [4.78, 5) is 18.0. The molecule has 0 saturated carbocycles. The Hall–Kier alpha value is -1.40. The maximum atomic E-state index is 11.2. The van der Waals surface area contributed by atoms with Gasteiger partial charge in [-0.05, 0) is 31.9 Å². The van der Waals surface area contributed by atoms with Crippen LogP contribution in [0.1, 0.15) is 25.5 Å². The number of hydrogen-bond acceptors (Lipinski definition) is 3. The molecule has 2 atom stereocenters. The molecule has 2 aromatic rings. The first-order chi connectivity index (χ1) is 10.0. The second-order valence-corrected chi connectivity index (χ2v) is 6.65. The van der Waals surface area contributed by atoms with E-state index in [-0.39, 0.29) is 5.92 Å². The van der Waals surface area contributed by atoms with E-state index in [1.165, 1.54) is 0 Å². The third kappa shape index (κ3) is 3.11. The van der Waals surface area contributed by atoms with Crippen molar-refractivity contribution in [3.05, 3.63) is 34.7 Å². The maximum Gasteiger partial charge on any atom is 0.307 e. The van der Waals surface area contributed by atoms with E-state index in [9.17, 15) is 9.90 Å². The van der Waals surface area contributed by atoms with Crippen molar-refractivity contribution in [2.75, 3.05) is 6.54 Å². The highest BCUT2D eigenvalue weighted by Gasteiger charge is 2.29. The van der Waals surface area contributed by atoms with E-state index in [2.05, 4.69) is 32.7 Å². The smallest absolute Gasteiger partial charge is 0.307 e. The highest BCUT2D eigenvalue weighted by Crippen LogP contribution is 2.24. The molecule has 0 aliphatic carbocycles. The average molecular weight is 352 g/mol. The minimum absolute atomic E-state index is 0.257. The van der Waals surface area contributed by atoms with Gasteiger partial charge in [-0.2, -0.15) is 0 Å². The quantitative estimate of drug-likeness (QED) is 0.923. The van der Waals surface area contributed by atoms with Crippen LogP contribution in [0.4, 0.5) is 0 Å². The third-order valence-corrected chi connectivity index (χ3v) is 4.69. The van der Waals surface area contributed by atoms with Crippen LogP contribution in [0.15, 0.2) is 29.0 Å². The molecule has 2 unspecified atom stereocenters. The lowest BCUT2D eigenvalue weighted by Crippen LogP contribution is -2.43. The van der Waals surface area contributed by atoms with Gasteiger partial charge in [-0.25, -0.2) is 4.98 Å². The Kier molecular flexibility index (Phi) is 3.99. The molecule has 1 aliphatic heterocycles. The lowest BCUT2D eigenvalue weighted by atomic mass is 9.93. The molecular weight excluding hydrogens is 334 g/mol. The first-order valence-electron chi connectivity index (χ1n) is 7.13. The van der Waals surface area contributed by atoms with Crippen molar-refractivity contribution >= 4 is 27.5 Å². The van der Waals surface area contributed by atoms with E-state index in [4.69, 9.17) is 0 Å². The van der Waals surface area contributed by atoms with Gasteiger partial charge >= 0.3 is 5.97 Å². The number of nitrogens with zero attached hydrogens (tertiary/aromatic N) is 3. The van der Waals surface area contributed by atoms with E-state index >= 15 is 0 Å². The second-order valence-electron chi connectivity index (χ2n) is 5.73. The fourth-order valence-electron chi connectivity index (χ4n) is 2.90. The molecule has 1 fully saturated rings. The maximum absolute atomic E-state index is 11.2. The van der Waals surface area contributed by atoms with Crippen LogP contribution in [0.5, 0.6) is 0 Å². The zero-order valence-corrected chi connectivity index (χ0v) is 13.5. The van der Waals surface area contributed by atoms with E-state index in [1.807, 2.05) is 28.9 Å². The van der Waals surface area contributed by atoms with E-state index in [1.54, 1.807) is 0 Å². The van der Waals surface area contributed by atoms with Gasteiger partial charge < -0.3 is 9.51 Å². The number of fused-ring (bicyclic) bond motifs is 1. The third-order valence-electron chi connectivity index (χ3n) is 4.20. The SMILES string of the molecule is CC1CCC(C(=O)O)CN1Cc1cn2ccc(Br)cc2n1. The van der Waals surface area contributed by atoms with Gasteiger partial charge in [0.15, 0.2) is 0 Å². The Bertz CT molecular complexity index is 670. The largest absolute Gasteiger partial charge is 0.481 e. The van der Waals surface area contributed by atoms with Crippen LogP contribution in [0.3, 0.4) is 0 Å². The number of likely N-dealkylation sites (tertiary alicyclic amines) is 1. The molecule has 0 bridgehead atoms. The number of aliphatic carboxylic acids is 1. The Morgan fingerprint density at radius 2 is 2.33 bits per heavy atom. The summed E-state index contributed by atoms with van der Waals surface area (Å²) in [7, 11) is 0. The molecule has 3 heterocycles. The molecule has 0 amide bonds. The average Bonchev–Trinajstić information content (AvgIpc) is 2.82.